The lowest BCUT2D eigenvalue weighted by Crippen LogP contribution is -2.40. The van der Waals surface area contributed by atoms with Gasteiger partial charge in [0.05, 0.1) is 10.6 Å². The Hall–Kier alpha value is -2.60. The molecule has 0 radical (unpaired) electrons. The molecule has 6 heteroatoms. The summed E-state index contributed by atoms with van der Waals surface area (Å²) >= 11 is 0. The Labute approximate surface area is 178 Å². The van der Waals surface area contributed by atoms with Gasteiger partial charge in [-0.05, 0) is 60.6 Å². The van der Waals surface area contributed by atoms with Crippen LogP contribution in [0.5, 0.6) is 0 Å². The number of rotatable bonds is 5. The highest BCUT2D eigenvalue weighted by atomic mass is 32.2. The van der Waals surface area contributed by atoms with Gasteiger partial charge >= 0.3 is 0 Å². The van der Waals surface area contributed by atoms with Crippen molar-refractivity contribution < 1.29 is 13.2 Å². The number of hydrogen-bond acceptors (Lipinski definition) is 3. The molecule has 1 amide bonds. The van der Waals surface area contributed by atoms with Crippen LogP contribution in [-0.4, -0.2) is 26.9 Å². The Bertz CT molecular complexity index is 1040. The minimum Gasteiger partial charge on any atom is -0.350 e. The monoisotopic (exact) mass is 424 g/mol. The minimum absolute atomic E-state index is 0.0980. The molecular weight excluding hydrogens is 396 g/mol. The van der Waals surface area contributed by atoms with Gasteiger partial charge in [0.25, 0.3) is 10.0 Å². The number of sulfonamides is 1. The highest BCUT2D eigenvalue weighted by Gasteiger charge is 2.30. The average Bonchev–Trinajstić information content (AvgIpc) is 3.19. The van der Waals surface area contributed by atoms with Crippen LogP contribution in [0.4, 0.5) is 5.69 Å². The summed E-state index contributed by atoms with van der Waals surface area (Å²) < 4.78 is 27.6. The molecule has 4 rings (SSSR count). The van der Waals surface area contributed by atoms with E-state index in [1.165, 1.54) is 16.8 Å². The third kappa shape index (κ3) is 4.29. The van der Waals surface area contributed by atoms with Gasteiger partial charge < -0.3 is 5.32 Å². The maximum Gasteiger partial charge on any atom is 0.264 e. The molecule has 0 saturated heterocycles. The molecule has 2 aromatic carbocycles. The van der Waals surface area contributed by atoms with Crippen LogP contribution >= 0.6 is 0 Å². The molecule has 1 fully saturated rings. The van der Waals surface area contributed by atoms with Crippen molar-refractivity contribution in [3.05, 3.63) is 65.7 Å². The number of carbonyl (C=O) groups is 1. The standard InChI is InChI=1S/C24H28N2O3S/c1-18-6-2-4-8-22(18)25-24(27)15-12-19-10-13-21(14-11-19)30(28,29)26-17-16-20-7-3-5-9-23(20)26/h3,5,7,9-15,18,22H,2,4,6,8,16-17H2,1H3,(H,25,27)/b15-12+. The first-order valence-electron chi connectivity index (χ1n) is 10.6. The fraction of sp³-hybridized carbons (Fsp3) is 0.375. The molecule has 0 spiro atoms. The van der Waals surface area contributed by atoms with Crippen LogP contribution in [0.25, 0.3) is 6.08 Å². The van der Waals surface area contributed by atoms with E-state index in [2.05, 4.69) is 12.2 Å². The van der Waals surface area contributed by atoms with Crippen LogP contribution in [0.1, 0.15) is 43.7 Å². The molecule has 0 bridgehead atoms. The lowest BCUT2D eigenvalue weighted by atomic mass is 9.86. The van der Waals surface area contributed by atoms with E-state index in [0.29, 0.717) is 12.5 Å². The summed E-state index contributed by atoms with van der Waals surface area (Å²) in [5.41, 5.74) is 2.61. The predicted octanol–water partition coefficient (Wildman–Crippen LogP) is 4.15. The quantitative estimate of drug-likeness (QED) is 0.734. The van der Waals surface area contributed by atoms with E-state index in [0.717, 1.165) is 42.5 Å². The molecule has 1 heterocycles. The normalized spacial score (nSPS) is 21.6. The Balaban J connectivity index is 1.43. The van der Waals surface area contributed by atoms with Gasteiger partial charge in [-0.1, -0.05) is 50.1 Å². The van der Waals surface area contributed by atoms with Crippen molar-refractivity contribution in [3.63, 3.8) is 0 Å². The van der Waals surface area contributed by atoms with Crippen LogP contribution in [-0.2, 0) is 21.2 Å². The van der Waals surface area contributed by atoms with Crippen LogP contribution in [0, 0.1) is 5.92 Å². The zero-order valence-corrected chi connectivity index (χ0v) is 18.1. The second kappa shape index (κ2) is 8.64. The molecule has 2 atom stereocenters. The lowest BCUT2D eigenvalue weighted by molar-refractivity contribution is -0.117. The number of amides is 1. The number of anilines is 1. The van der Waals surface area contributed by atoms with Crippen molar-refractivity contribution in [2.45, 2.75) is 50.0 Å². The summed E-state index contributed by atoms with van der Waals surface area (Å²) in [7, 11) is -3.60. The number of nitrogens with zero attached hydrogens (tertiary/aromatic N) is 1. The van der Waals surface area contributed by atoms with Gasteiger partial charge in [-0.15, -0.1) is 0 Å². The van der Waals surface area contributed by atoms with Crippen LogP contribution in [0.15, 0.2) is 59.5 Å². The number of carbonyl (C=O) groups excluding carboxylic acids is 1. The van der Waals surface area contributed by atoms with E-state index >= 15 is 0 Å². The lowest BCUT2D eigenvalue weighted by Gasteiger charge is -2.29. The van der Waals surface area contributed by atoms with E-state index in [9.17, 15) is 13.2 Å². The van der Waals surface area contributed by atoms with Gasteiger partial charge in [0.2, 0.25) is 5.91 Å². The highest BCUT2D eigenvalue weighted by Crippen LogP contribution is 2.32. The van der Waals surface area contributed by atoms with Gasteiger partial charge in [0, 0.05) is 18.7 Å². The van der Waals surface area contributed by atoms with Crippen molar-refractivity contribution in [1.82, 2.24) is 5.32 Å². The summed E-state index contributed by atoms with van der Waals surface area (Å²) in [4.78, 5) is 12.5. The molecular formula is C24H28N2O3S. The third-order valence-corrected chi connectivity index (χ3v) is 8.01. The van der Waals surface area contributed by atoms with Gasteiger partial charge in [-0.3, -0.25) is 9.10 Å². The third-order valence-electron chi connectivity index (χ3n) is 6.18. The number of fused-ring (bicyclic) bond motifs is 1. The summed E-state index contributed by atoms with van der Waals surface area (Å²) in [5, 5.41) is 3.09. The zero-order chi connectivity index (χ0) is 21.1. The predicted molar refractivity (Wildman–Crippen MR) is 120 cm³/mol. The molecule has 5 nitrogen and oxygen atoms in total. The first-order chi connectivity index (χ1) is 14.4. The summed E-state index contributed by atoms with van der Waals surface area (Å²) in [6.07, 6.45) is 8.58. The molecule has 1 aliphatic heterocycles. The molecule has 2 unspecified atom stereocenters. The van der Waals surface area contributed by atoms with Gasteiger partial charge in [-0.2, -0.15) is 0 Å². The molecule has 2 aromatic rings. The Kier molecular flexibility index (Phi) is 5.95. The first kappa shape index (κ1) is 20.7. The summed E-state index contributed by atoms with van der Waals surface area (Å²) in [6.45, 7) is 2.65. The van der Waals surface area contributed by atoms with Crippen molar-refractivity contribution in [1.29, 1.82) is 0 Å². The number of hydrogen-bond donors (Lipinski definition) is 1. The van der Waals surface area contributed by atoms with E-state index in [1.54, 1.807) is 30.3 Å². The fourth-order valence-electron chi connectivity index (χ4n) is 4.37. The molecule has 30 heavy (non-hydrogen) atoms. The first-order valence-corrected chi connectivity index (χ1v) is 12.1. The second-order valence-electron chi connectivity index (χ2n) is 8.24. The average molecular weight is 425 g/mol. The number of para-hydroxylation sites is 1. The van der Waals surface area contributed by atoms with Crippen LogP contribution in [0.2, 0.25) is 0 Å². The highest BCUT2D eigenvalue weighted by molar-refractivity contribution is 7.92. The molecule has 2 aliphatic rings. The van der Waals surface area contributed by atoms with Crippen molar-refractivity contribution >= 4 is 27.7 Å². The van der Waals surface area contributed by atoms with Crippen molar-refractivity contribution in [2.75, 3.05) is 10.8 Å². The van der Waals surface area contributed by atoms with E-state index in [1.807, 2.05) is 24.3 Å². The second-order valence-corrected chi connectivity index (χ2v) is 10.1. The van der Waals surface area contributed by atoms with Gasteiger partial charge in [0.1, 0.15) is 0 Å². The Morgan fingerprint density at radius 2 is 1.80 bits per heavy atom. The number of nitrogens with one attached hydrogen (secondary N) is 1. The maximum absolute atomic E-state index is 13.1. The smallest absolute Gasteiger partial charge is 0.264 e. The molecule has 1 aliphatic carbocycles. The van der Waals surface area contributed by atoms with Crippen molar-refractivity contribution in [2.24, 2.45) is 5.92 Å². The molecule has 0 aromatic heterocycles. The van der Waals surface area contributed by atoms with Crippen LogP contribution in [0.3, 0.4) is 0 Å². The van der Waals surface area contributed by atoms with Gasteiger partial charge in [0.15, 0.2) is 0 Å². The topological polar surface area (TPSA) is 66.5 Å². The fourth-order valence-corrected chi connectivity index (χ4v) is 5.87. The van der Waals surface area contributed by atoms with E-state index in [4.69, 9.17) is 0 Å². The zero-order valence-electron chi connectivity index (χ0n) is 17.3. The van der Waals surface area contributed by atoms with E-state index in [-0.39, 0.29) is 16.8 Å². The SMILES string of the molecule is CC1CCCCC1NC(=O)/C=C/c1ccc(S(=O)(=O)N2CCc3ccccc32)cc1. The molecule has 158 valence electrons. The number of benzene rings is 2. The Morgan fingerprint density at radius 1 is 1.07 bits per heavy atom. The van der Waals surface area contributed by atoms with Gasteiger partial charge in [-0.25, -0.2) is 8.42 Å². The maximum atomic E-state index is 13.1. The largest absolute Gasteiger partial charge is 0.350 e. The van der Waals surface area contributed by atoms with E-state index < -0.39 is 10.0 Å². The summed E-state index contributed by atoms with van der Waals surface area (Å²) in [6, 6.07) is 14.5. The van der Waals surface area contributed by atoms with Crippen LogP contribution < -0.4 is 9.62 Å². The Morgan fingerprint density at radius 3 is 2.57 bits per heavy atom. The minimum atomic E-state index is -3.60. The van der Waals surface area contributed by atoms with Crippen molar-refractivity contribution in [3.8, 4) is 0 Å². The molecule has 1 N–H and O–H groups in total. The molecule has 1 saturated carbocycles. The summed E-state index contributed by atoms with van der Waals surface area (Å²) in [5.74, 6) is 0.412.